The maximum atomic E-state index is 10.7. The smallest absolute Gasteiger partial charge is 0.122 e. The highest BCUT2D eigenvalue weighted by Gasteiger charge is 2.21. The van der Waals surface area contributed by atoms with Crippen LogP contribution in [0.4, 0.5) is 0 Å². The highest BCUT2D eigenvalue weighted by Crippen LogP contribution is 2.38. The van der Waals surface area contributed by atoms with Gasteiger partial charge in [-0.15, -0.1) is 0 Å². The highest BCUT2D eigenvalue weighted by molar-refractivity contribution is 5.55. The third kappa shape index (κ3) is 4.00. The molecule has 2 unspecified atom stereocenters. The molecule has 2 N–H and O–H groups in total. The van der Waals surface area contributed by atoms with Crippen molar-refractivity contribution in [3.8, 4) is 5.75 Å². The largest absolute Gasteiger partial charge is 0.507 e. The third-order valence-electron chi connectivity index (χ3n) is 4.95. The Kier molecular flexibility index (Phi) is 6.73. The van der Waals surface area contributed by atoms with E-state index in [2.05, 4.69) is 46.9 Å². The Morgan fingerprint density at radius 2 is 1.67 bits per heavy atom. The Morgan fingerprint density at radius 3 is 2.19 bits per heavy atom. The van der Waals surface area contributed by atoms with Crippen molar-refractivity contribution in [1.82, 2.24) is 5.32 Å². The normalized spacial score (nSPS) is 14.2. The molecule has 0 bridgehead atoms. The fraction of sp³-hybridized carbons (Fsp3) is 0.684. The van der Waals surface area contributed by atoms with Crippen molar-refractivity contribution >= 4 is 0 Å². The molecule has 0 spiro atoms. The van der Waals surface area contributed by atoms with Gasteiger partial charge in [-0.05, 0) is 81.3 Å². The fourth-order valence-corrected chi connectivity index (χ4v) is 3.29. The molecule has 2 heteroatoms. The summed E-state index contributed by atoms with van der Waals surface area (Å²) in [7, 11) is 1.97. The number of hydrogen-bond acceptors (Lipinski definition) is 2. The van der Waals surface area contributed by atoms with Crippen LogP contribution in [0.1, 0.15) is 73.8 Å². The number of phenolic OH excluding ortho intramolecular Hbond substituents is 1. The van der Waals surface area contributed by atoms with Crippen molar-refractivity contribution in [2.75, 3.05) is 7.05 Å². The molecule has 0 fully saturated rings. The zero-order chi connectivity index (χ0) is 16.2. The van der Waals surface area contributed by atoms with Gasteiger partial charge in [0.2, 0.25) is 0 Å². The van der Waals surface area contributed by atoms with Crippen LogP contribution < -0.4 is 5.32 Å². The van der Waals surface area contributed by atoms with Crippen molar-refractivity contribution in [2.24, 2.45) is 0 Å². The second-order valence-corrected chi connectivity index (χ2v) is 6.55. The van der Waals surface area contributed by atoms with Crippen molar-refractivity contribution in [3.05, 3.63) is 27.8 Å². The lowest BCUT2D eigenvalue weighted by molar-refractivity contribution is 0.454. The molecule has 2 nitrogen and oxygen atoms in total. The van der Waals surface area contributed by atoms with Crippen molar-refractivity contribution < 1.29 is 5.11 Å². The number of likely N-dealkylation sites (N-methyl/N-ethyl adjacent to an activating group) is 1. The molecule has 2 atom stereocenters. The average molecular weight is 291 g/mol. The SMILES string of the molecule is CCCCC(C)c1c(C)c(C)c(CC(C)NC)c(O)c1C. The van der Waals surface area contributed by atoms with Gasteiger partial charge in [0.25, 0.3) is 0 Å². The number of nitrogens with one attached hydrogen (secondary N) is 1. The van der Waals surface area contributed by atoms with Gasteiger partial charge in [0.1, 0.15) is 5.75 Å². The molecule has 0 aliphatic carbocycles. The number of rotatable bonds is 7. The zero-order valence-corrected chi connectivity index (χ0v) is 14.9. The lowest BCUT2D eigenvalue weighted by Gasteiger charge is -2.24. The average Bonchev–Trinajstić information content (AvgIpc) is 2.47. The van der Waals surface area contributed by atoms with Gasteiger partial charge in [0, 0.05) is 6.04 Å². The lowest BCUT2D eigenvalue weighted by atomic mass is 9.83. The van der Waals surface area contributed by atoms with Gasteiger partial charge in [-0.3, -0.25) is 0 Å². The van der Waals surface area contributed by atoms with E-state index in [-0.39, 0.29) is 0 Å². The Morgan fingerprint density at radius 1 is 1.05 bits per heavy atom. The predicted octanol–water partition coefficient (Wildman–Crippen LogP) is 4.76. The van der Waals surface area contributed by atoms with Gasteiger partial charge in [-0.1, -0.05) is 26.7 Å². The van der Waals surface area contributed by atoms with Crippen molar-refractivity contribution in [1.29, 1.82) is 0 Å². The van der Waals surface area contributed by atoms with E-state index in [4.69, 9.17) is 0 Å². The van der Waals surface area contributed by atoms with Crippen LogP contribution in [0.15, 0.2) is 0 Å². The minimum absolute atomic E-state index is 0.372. The molecular formula is C19H33NO. The van der Waals surface area contributed by atoms with E-state index in [0.29, 0.717) is 17.7 Å². The molecule has 0 amide bonds. The molecule has 120 valence electrons. The summed E-state index contributed by atoms with van der Waals surface area (Å²) in [4.78, 5) is 0. The first-order valence-electron chi connectivity index (χ1n) is 8.33. The molecule has 0 aliphatic rings. The number of aromatic hydroxyl groups is 1. The van der Waals surface area contributed by atoms with Crippen LogP contribution in [0, 0.1) is 20.8 Å². The molecular weight excluding hydrogens is 258 g/mol. The molecule has 1 rings (SSSR count). The van der Waals surface area contributed by atoms with Gasteiger partial charge in [-0.25, -0.2) is 0 Å². The van der Waals surface area contributed by atoms with Crippen LogP contribution in [0.5, 0.6) is 5.75 Å². The Labute approximate surface area is 131 Å². The van der Waals surface area contributed by atoms with Gasteiger partial charge in [0.05, 0.1) is 0 Å². The summed E-state index contributed by atoms with van der Waals surface area (Å²) in [6.07, 6.45) is 4.55. The minimum atomic E-state index is 0.372. The van der Waals surface area contributed by atoms with Crippen LogP contribution in [-0.2, 0) is 6.42 Å². The lowest BCUT2D eigenvalue weighted by Crippen LogP contribution is -2.24. The molecule has 0 aliphatic heterocycles. The first-order valence-corrected chi connectivity index (χ1v) is 8.33. The Hall–Kier alpha value is -1.02. The number of phenols is 1. The first kappa shape index (κ1) is 18.0. The molecule has 0 heterocycles. The summed E-state index contributed by atoms with van der Waals surface area (Å²) >= 11 is 0. The molecule has 0 radical (unpaired) electrons. The van der Waals surface area contributed by atoms with Gasteiger partial charge in [-0.2, -0.15) is 0 Å². The minimum Gasteiger partial charge on any atom is -0.507 e. The molecule has 0 aromatic heterocycles. The molecule has 1 aromatic rings. The van der Waals surface area contributed by atoms with Crippen molar-refractivity contribution in [3.63, 3.8) is 0 Å². The summed E-state index contributed by atoms with van der Waals surface area (Å²) in [6, 6.07) is 0.372. The topological polar surface area (TPSA) is 32.3 Å². The number of hydrogen-bond donors (Lipinski definition) is 2. The quantitative estimate of drug-likeness (QED) is 0.759. The standard InChI is InChI=1S/C19H33NO/c1-8-9-10-12(2)18-15(5)14(4)17(11-13(3)20-7)19(21)16(18)6/h12-13,20-21H,8-11H2,1-7H3. The van der Waals surface area contributed by atoms with E-state index in [9.17, 15) is 5.11 Å². The van der Waals surface area contributed by atoms with E-state index >= 15 is 0 Å². The summed E-state index contributed by atoms with van der Waals surface area (Å²) in [5.41, 5.74) is 6.18. The van der Waals surface area contributed by atoms with E-state index in [1.54, 1.807) is 0 Å². The third-order valence-corrected chi connectivity index (χ3v) is 4.95. The summed E-state index contributed by atoms with van der Waals surface area (Å²) in [5.74, 6) is 1.03. The zero-order valence-electron chi connectivity index (χ0n) is 14.9. The summed E-state index contributed by atoms with van der Waals surface area (Å²) in [6.45, 7) is 13.1. The van der Waals surface area contributed by atoms with Gasteiger partial charge < -0.3 is 10.4 Å². The Balaban J connectivity index is 3.25. The summed E-state index contributed by atoms with van der Waals surface area (Å²) < 4.78 is 0. The van der Waals surface area contributed by atoms with Gasteiger partial charge >= 0.3 is 0 Å². The van der Waals surface area contributed by atoms with E-state index in [1.165, 1.54) is 36.0 Å². The van der Waals surface area contributed by atoms with Crippen LogP contribution in [0.2, 0.25) is 0 Å². The second kappa shape index (κ2) is 7.84. The van der Waals surface area contributed by atoms with Crippen molar-refractivity contribution in [2.45, 2.75) is 79.2 Å². The maximum Gasteiger partial charge on any atom is 0.122 e. The van der Waals surface area contributed by atoms with Crippen LogP contribution in [-0.4, -0.2) is 18.2 Å². The van der Waals surface area contributed by atoms with E-state index < -0.39 is 0 Å². The molecule has 0 saturated carbocycles. The van der Waals surface area contributed by atoms with Crippen LogP contribution >= 0.6 is 0 Å². The molecule has 21 heavy (non-hydrogen) atoms. The Bertz CT molecular complexity index is 450. The number of benzene rings is 1. The number of unbranched alkanes of at least 4 members (excludes halogenated alkanes) is 1. The molecule has 0 saturated heterocycles. The van der Waals surface area contributed by atoms with Crippen LogP contribution in [0.25, 0.3) is 0 Å². The maximum absolute atomic E-state index is 10.7. The predicted molar refractivity (Wildman–Crippen MR) is 92.5 cm³/mol. The van der Waals surface area contributed by atoms with Gasteiger partial charge in [0.15, 0.2) is 0 Å². The van der Waals surface area contributed by atoms with E-state index in [0.717, 1.165) is 17.5 Å². The van der Waals surface area contributed by atoms with E-state index in [1.807, 2.05) is 7.05 Å². The van der Waals surface area contributed by atoms with Crippen LogP contribution in [0.3, 0.4) is 0 Å². The fourth-order valence-electron chi connectivity index (χ4n) is 3.29. The monoisotopic (exact) mass is 291 g/mol. The first-order chi connectivity index (χ1) is 9.84. The molecule has 1 aromatic carbocycles. The summed E-state index contributed by atoms with van der Waals surface area (Å²) in [5, 5.41) is 13.9. The second-order valence-electron chi connectivity index (χ2n) is 6.55. The highest BCUT2D eigenvalue weighted by atomic mass is 16.3.